The molecule has 3 nitrogen and oxygen atoms in total. The molecule has 0 bridgehead atoms. The first-order valence-corrected chi connectivity index (χ1v) is 8.47. The van der Waals surface area contributed by atoms with Gasteiger partial charge in [0.25, 0.3) is 5.91 Å². The Morgan fingerprint density at radius 1 is 1.09 bits per heavy atom. The highest BCUT2D eigenvalue weighted by atomic mass is 32.2. The maximum atomic E-state index is 12.5. The first-order chi connectivity index (χ1) is 10.7. The molecule has 0 saturated heterocycles. The molecule has 0 unspecified atom stereocenters. The predicted molar refractivity (Wildman–Crippen MR) is 92.6 cm³/mol. The largest absolute Gasteiger partial charge is 0.481 e. The fourth-order valence-corrected chi connectivity index (χ4v) is 2.81. The topological polar surface area (TPSA) is 38.3 Å². The van der Waals surface area contributed by atoms with Crippen LogP contribution < -0.4 is 10.1 Å². The van der Waals surface area contributed by atoms with Crippen LogP contribution in [0.15, 0.2) is 59.5 Å². The van der Waals surface area contributed by atoms with Crippen LogP contribution in [0.5, 0.6) is 5.75 Å². The van der Waals surface area contributed by atoms with E-state index >= 15 is 0 Å². The van der Waals surface area contributed by atoms with Crippen LogP contribution in [0.1, 0.15) is 20.3 Å². The molecule has 0 spiro atoms. The Labute approximate surface area is 136 Å². The quantitative estimate of drug-likeness (QED) is 0.759. The average molecular weight is 315 g/mol. The van der Waals surface area contributed by atoms with Gasteiger partial charge in [-0.3, -0.25) is 4.79 Å². The van der Waals surface area contributed by atoms with E-state index in [0.717, 1.165) is 16.3 Å². The lowest BCUT2D eigenvalue weighted by Gasteiger charge is -2.18. The smallest absolute Gasteiger partial charge is 0.265 e. The van der Waals surface area contributed by atoms with Crippen LogP contribution in [0, 0.1) is 0 Å². The first kappa shape index (κ1) is 16.4. The minimum atomic E-state index is -0.498. The van der Waals surface area contributed by atoms with Crippen LogP contribution in [0.25, 0.3) is 0 Å². The third-order valence-corrected chi connectivity index (χ3v) is 4.09. The molecule has 0 aliphatic heterocycles. The molecular formula is C18H21NO2S. The molecule has 0 heterocycles. The highest BCUT2D eigenvalue weighted by Crippen LogP contribution is 2.27. The Kier molecular flexibility index (Phi) is 6.34. The second kappa shape index (κ2) is 8.49. The van der Waals surface area contributed by atoms with E-state index in [2.05, 4.69) is 12.2 Å². The van der Waals surface area contributed by atoms with E-state index in [9.17, 15) is 4.79 Å². The van der Waals surface area contributed by atoms with Crippen molar-refractivity contribution in [2.45, 2.75) is 31.3 Å². The Bertz CT molecular complexity index is 601. The summed E-state index contributed by atoms with van der Waals surface area (Å²) < 4.78 is 5.78. The molecule has 0 aromatic heterocycles. The van der Waals surface area contributed by atoms with Gasteiger partial charge in [-0.05, 0) is 36.4 Å². The third-order valence-electron chi connectivity index (χ3n) is 3.13. The van der Waals surface area contributed by atoms with Gasteiger partial charge in [-0.2, -0.15) is 0 Å². The van der Waals surface area contributed by atoms with Crippen LogP contribution >= 0.6 is 11.8 Å². The average Bonchev–Trinajstić information content (AvgIpc) is 2.55. The van der Waals surface area contributed by atoms with Gasteiger partial charge in [-0.25, -0.2) is 0 Å². The van der Waals surface area contributed by atoms with E-state index in [1.165, 1.54) is 0 Å². The van der Waals surface area contributed by atoms with Crippen LogP contribution in [-0.4, -0.2) is 17.8 Å². The molecule has 1 N–H and O–H groups in total. The molecule has 2 aromatic rings. The monoisotopic (exact) mass is 315 g/mol. The zero-order chi connectivity index (χ0) is 15.8. The molecule has 116 valence electrons. The molecule has 2 aromatic carbocycles. The summed E-state index contributed by atoms with van der Waals surface area (Å²) in [5.74, 6) is 1.56. The summed E-state index contributed by atoms with van der Waals surface area (Å²) in [4.78, 5) is 13.5. The van der Waals surface area contributed by atoms with E-state index < -0.39 is 6.10 Å². The van der Waals surface area contributed by atoms with Crippen molar-refractivity contribution < 1.29 is 9.53 Å². The zero-order valence-corrected chi connectivity index (χ0v) is 13.7. The Hall–Kier alpha value is -1.94. The van der Waals surface area contributed by atoms with Crippen molar-refractivity contribution in [3.8, 4) is 5.75 Å². The van der Waals surface area contributed by atoms with Gasteiger partial charge in [0.1, 0.15) is 5.75 Å². The van der Waals surface area contributed by atoms with Crippen molar-refractivity contribution in [2.24, 2.45) is 0 Å². The van der Waals surface area contributed by atoms with E-state index in [4.69, 9.17) is 4.74 Å². The maximum absolute atomic E-state index is 12.5. The third kappa shape index (κ3) is 4.53. The second-order valence-electron chi connectivity index (χ2n) is 4.75. The summed E-state index contributed by atoms with van der Waals surface area (Å²) in [6, 6.07) is 17.3. The number of carbonyl (C=O) groups is 1. The predicted octanol–water partition coefficient (Wildman–Crippen LogP) is 4.59. The van der Waals surface area contributed by atoms with E-state index in [-0.39, 0.29) is 5.91 Å². The lowest BCUT2D eigenvalue weighted by molar-refractivity contribution is -0.122. The number of para-hydroxylation sites is 2. The van der Waals surface area contributed by atoms with Gasteiger partial charge >= 0.3 is 0 Å². The minimum Gasteiger partial charge on any atom is -0.481 e. The van der Waals surface area contributed by atoms with Crippen LogP contribution in [0.4, 0.5) is 5.69 Å². The maximum Gasteiger partial charge on any atom is 0.265 e. The summed E-state index contributed by atoms with van der Waals surface area (Å²) >= 11 is 1.71. The van der Waals surface area contributed by atoms with E-state index in [1.807, 2.05) is 61.5 Å². The van der Waals surface area contributed by atoms with Crippen molar-refractivity contribution in [3.63, 3.8) is 0 Å². The Balaban J connectivity index is 2.06. The number of benzene rings is 2. The zero-order valence-electron chi connectivity index (χ0n) is 12.9. The van der Waals surface area contributed by atoms with Crippen LogP contribution in [0.3, 0.4) is 0 Å². The molecule has 2 rings (SSSR count). The molecular weight excluding hydrogens is 294 g/mol. The lowest BCUT2D eigenvalue weighted by Crippen LogP contribution is -2.32. The van der Waals surface area contributed by atoms with Gasteiger partial charge in [-0.1, -0.05) is 44.2 Å². The standard InChI is InChI=1S/C18H21NO2S/c1-3-16(21-14-10-6-5-7-11-14)18(20)19-15-12-8-9-13-17(15)22-4-2/h5-13,16H,3-4H2,1-2H3,(H,19,20)/t16-/m0/s1. The van der Waals surface area contributed by atoms with Crippen molar-refractivity contribution in [2.75, 3.05) is 11.1 Å². The molecule has 0 radical (unpaired) electrons. The highest BCUT2D eigenvalue weighted by Gasteiger charge is 2.19. The van der Waals surface area contributed by atoms with Crippen molar-refractivity contribution in [1.29, 1.82) is 0 Å². The van der Waals surface area contributed by atoms with Gasteiger partial charge in [0, 0.05) is 4.90 Å². The normalized spacial score (nSPS) is 11.7. The van der Waals surface area contributed by atoms with Crippen molar-refractivity contribution in [3.05, 3.63) is 54.6 Å². The fraction of sp³-hybridized carbons (Fsp3) is 0.278. The summed E-state index contributed by atoms with van der Waals surface area (Å²) in [5.41, 5.74) is 0.842. The Morgan fingerprint density at radius 2 is 1.77 bits per heavy atom. The molecule has 0 aliphatic carbocycles. The molecule has 0 aliphatic rings. The van der Waals surface area contributed by atoms with Crippen LogP contribution in [-0.2, 0) is 4.79 Å². The number of hydrogen-bond acceptors (Lipinski definition) is 3. The molecule has 1 atom stereocenters. The second-order valence-corrected chi connectivity index (χ2v) is 6.05. The van der Waals surface area contributed by atoms with Crippen LogP contribution in [0.2, 0.25) is 0 Å². The number of nitrogens with one attached hydrogen (secondary N) is 1. The van der Waals surface area contributed by atoms with E-state index in [0.29, 0.717) is 12.2 Å². The number of rotatable bonds is 7. The Morgan fingerprint density at radius 3 is 2.45 bits per heavy atom. The number of anilines is 1. The molecule has 0 saturated carbocycles. The molecule has 4 heteroatoms. The van der Waals surface area contributed by atoms with Gasteiger partial charge in [0.05, 0.1) is 5.69 Å². The SMILES string of the molecule is CCSc1ccccc1NC(=O)[C@H](CC)Oc1ccccc1. The number of carbonyl (C=O) groups excluding carboxylic acids is 1. The highest BCUT2D eigenvalue weighted by molar-refractivity contribution is 7.99. The number of ether oxygens (including phenoxy) is 1. The first-order valence-electron chi connectivity index (χ1n) is 7.49. The van der Waals surface area contributed by atoms with Crippen molar-refractivity contribution >= 4 is 23.4 Å². The van der Waals surface area contributed by atoms with Gasteiger partial charge < -0.3 is 10.1 Å². The number of hydrogen-bond donors (Lipinski definition) is 1. The summed E-state index contributed by atoms with van der Waals surface area (Å²) in [7, 11) is 0. The summed E-state index contributed by atoms with van der Waals surface area (Å²) in [5, 5.41) is 2.98. The molecule has 22 heavy (non-hydrogen) atoms. The fourth-order valence-electron chi connectivity index (χ4n) is 2.05. The molecule has 1 amide bonds. The summed E-state index contributed by atoms with van der Waals surface area (Å²) in [6.07, 6.45) is 0.117. The van der Waals surface area contributed by atoms with Crippen molar-refractivity contribution in [1.82, 2.24) is 0 Å². The van der Waals surface area contributed by atoms with E-state index in [1.54, 1.807) is 11.8 Å². The lowest BCUT2D eigenvalue weighted by atomic mass is 10.2. The number of thioether (sulfide) groups is 1. The van der Waals surface area contributed by atoms with Gasteiger partial charge in [0.15, 0.2) is 6.10 Å². The van der Waals surface area contributed by atoms with Gasteiger partial charge in [-0.15, -0.1) is 11.8 Å². The molecule has 0 fully saturated rings. The van der Waals surface area contributed by atoms with Gasteiger partial charge in [0.2, 0.25) is 0 Å². The number of amides is 1. The summed E-state index contributed by atoms with van der Waals surface area (Å²) in [6.45, 7) is 4.04. The minimum absolute atomic E-state index is 0.115.